The van der Waals surface area contributed by atoms with E-state index in [9.17, 15) is 14.0 Å². The fourth-order valence-corrected chi connectivity index (χ4v) is 2.57. The van der Waals surface area contributed by atoms with Crippen molar-refractivity contribution in [3.8, 4) is 11.3 Å². The number of carbonyl (C=O) groups excluding carboxylic acids is 1. The van der Waals surface area contributed by atoms with Gasteiger partial charge >= 0.3 is 0 Å². The van der Waals surface area contributed by atoms with Crippen molar-refractivity contribution in [2.45, 2.75) is 6.54 Å². The number of pyridine rings is 1. The maximum absolute atomic E-state index is 13.1. The van der Waals surface area contributed by atoms with Crippen molar-refractivity contribution in [1.82, 2.24) is 10.3 Å². The highest BCUT2D eigenvalue weighted by Crippen LogP contribution is 2.16. The molecule has 0 radical (unpaired) electrons. The summed E-state index contributed by atoms with van der Waals surface area (Å²) in [5, 5.41) is 2.61. The number of nitrogens with one attached hydrogen (secondary N) is 2. The van der Waals surface area contributed by atoms with Gasteiger partial charge in [0.05, 0.1) is 5.02 Å². The molecule has 0 aliphatic rings. The Hall–Kier alpha value is -2.92. The highest BCUT2D eigenvalue weighted by Gasteiger charge is 2.11. The molecule has 3 rings (SSSR count). The lowest BCUT2D eigenvalue weighted by Crippen LogP contribution is -2.29. The summed E-state index contributed by atoms with van der Waals surface area (Å²) in [6.07, 6.45) is 0. The van der Waals surface area contributed by atoms with Gasteiger partial charge in [0.25, 0.3) is 11.5 Å². The van der Waals surface area contributed by atoms with Crippen LogP contribution in [0.15, 0.2) is 65.5 Å². The van der Waals surface area contributed by atoms with Gasteiger partial charge in [-0.1, -0.05) is 48.0 Å². The van der Waals surface area contributed by atoms with E-state index in [2.05, 4.69) is 10.3 Å². The maximum atomic E-state index is 13.1. The van der Waals surface area contributed by atoms with Crippen LogP contribution >= 0.6 is 11.6 Å². The fraction of sp³-hybridized carbons (Fsp3) is 0.0526. The monoisotopic (exact) mass is 356 g/mol. The number of rotatable bonds is 4. The minimum Gasteiger partial charge on any atom is -0.348 e. The summed E-state index contributed by atoms with van der Waals surface area (Å²) in [6, 6.07) is 16.7. The van der Waals surface area contributed by atoms with Crippen LogP contribution in [0.1, 0.15) is 15.9 Å². The third-order valence-corrected chi connectivity index (χ3v) is 3.97. The second-order valence-electron chi connectivity index (χ2n) is 5.41. The topological polar surface area (TPSA) is 62.0 Å². The average Bonchev–Trinajstić information content (AvgIpc) is 2.63. The van der Waals surface area contributed by atoms with Gasteiger partial charge in [0.15, 0.2) is 0 Å². The van der Waals surface area contributed by atoms with Gasteiger partial charge < -0.3 is 10.3 Å². The van der Waals surface area contributed by atoms with Crippen LogP contribution in [-0.2, 0) is 6.54 Å². The Balaban J connectivity index is 1.74. The first-order valence-corrected chi connectivity index (χ1v) is 7.93. The maximum Gasteiger partial charge on any atom is 0.261 e. The van der Waals surface area contributed by atoms with Crippen molar-refractivity contribution >= 4 is 17.5 Å². The van der Waals surface area contributed by atoms with E-state index in [-0.39, 0.29) is 17.1 Å². The van der Waals surface area contributed by atoms with Gasteiger partial charge in [-0.05, 0) is 35.4 Å². The molecule has 2 aromatic carbocycles. The van der Waals surface area contributed by atoms with E-state index in [1.54, 1.807) is 6.07 Å². The molecule has 4 nitrogen and oxygen atoms in total. The Kier molecular flexibility index (Phi) is 4.95. The Morgan fingerprint density at radius 2 is 1.84 bits per heavy atom. The van der Waals surface area contributed by atoms with Crippen molar-refractivity contribution < 1.29 is 9.18 Å². The van der Waals surface area contributed by atoms with Crippen molar-refractivity contribution in [1.29, 1.82) is 0 Å². The minimum atomic E-state index is -0.523. The van der Waals surface area contributed by atoms with Crippen LogP contribution in [0.3, 0.4) is 0 Å². The predicted molar refractivity (Wildman–Crippen MR) is 95.1 cm³/mol. The number of benzene rings is 2. The lowest BCUT2D eigenvalue weighted by molar-refractivity contribution is 0.0949. The van der Waals surface area contributed by atoms with E-state index in [1.807, 2.05) is 30.3 Å². The number of carbonyl (C=O) groups is 1. The molecule has 0 fully saturated rings. The SMILES string of the molecule is O=C(NCc1ccc(F)c(Cl)c1)c1ccc(-c2ccccc2)[nH]c1=O. The van der Waals surface area contributed by atoms with E-state index in [0.717, 1.165) is 5.56 Å². The first kappa shape index (κ1) is 16.9. The van der Waals surface area contributed by atoms with E-state index < -0.39 is 17.3 Å². The second-order valence-corrected chi connectivity index (χ2v) is 5.82. The smallest absolute Gasteiger partial charge is 0.261 e. The van der Waals surface area contributed by atoms with E-state index >= 15 is 0 Å². The molecular formula is C19H14ClFN2O2. The summed E-state index contributed by atoms with van der Waals surface area (Å²) in [5.41, 5.74) is 1.65. The molecule has 0 saturated heterocycles. The van der Waals surface area contributed by atoms with Crippen LogP contribution < -0.4 is 10.9 Å². The molecule has 2 N–H and O–H groups in total. The van der Waals surface area contributed by atoms with Crippen molar-refractivity contribution in [2.24, 2.45) is 0 Å². The zero-order valence-corrected chi connectivity index (χ0v) is 13.8. The van der Waals surface area contributed by atoms with Gasteiger partial charge in [0.1, 0.15) is 11.4 Å². The Morgan fingerprint density at radius 3 is 2.52 bits per heavy atom. The average molecular weight is 357 g/mol. The van der Waals surface area contributed by atoms with Crippen LogP contribution in [0.2, 0.25) is 5.02 Å². The van der Waals surface area contributed by atoms with Crippen LogP contribution in [0.5, 0.6) is 0 Å². The van der Waals surface area contributed by atoms with Crippen LogP contribution in [0, 0.1) is 5.82 Å². The zero-order chi connectivity index (χ0) is 17.8. The first-order valence-electron chi connectivity index (χ1n) is 7.55. The summed E-state index contributed by atoms with van der Waals surface area (Å²) >= 11 is 5.70. The zero-order valence-electron chi connectivity index (χ0n) is 13.1. The van der Waals surface area contributed by atoms with E-state index in [4.69, 9.17) is 11.6 Å². The van der Waals surface area contributed by atoms with Gasteiger partial charge in [-0.25, -0.2) is 4.39 Å². The Labute approximate surface area is 148 Å². The first-order chi connectivity index (χ1) is 12.0. The van der Waals surface area contributed by atoms with Crippen LogP contribution in [0.25, 0.3) is 11.3 Å². The number of H-pyrrole nitrogens is 1. The largest absolute Gasteiger partial charge is 0.348 e. The Bertz CT molecular complexity index is 971. The molecular weight excluding hydrogens is 343 g/mol. The fourth-order valence-electron chi connectivity index (χ4n) is 2.37. The van der Waals surface area contributed by atoms with Crippen LogP contribution in [-0.4, -0.2) is 10.9 Å². The normalized spacial score (nSPS) is 10.5. The molecule has 0 aliphatic heterocycles. The summed E-state index contributed by atoms with van der Waals surface area (Å²) < 4.78 is 13.1. The van der Waals surface area contributed by atoms with Crippen LogP contribution in [0.4, 0.5) is 4.39 Å². The number of amides is 1. The standard InChI is InChI=1S/C19H14ClFN2O2/c20-15-10-12(6-8-16(15)21)11-22-18(24)14-7-9-17(23-19(14)25)13-4-2-1-3-5-13/h1-10H,11H2,(H,22,24)(H,23,25). The highest BCUT2D eigenvalue weighted by molar-refractivity contribution is 6.30. The number of aromatic amines is 1. The highest BCUT2D eigenvalue weighted by atomic mass is 35.5. The molecule has 0 unspecified atom stereocenters. The van der Waals surface area contributed by atoms with Gasteiger partial charge in [-0.3, -0.25) is 9.59 Å². The minimum absolute atomic E-state index is 0.00731. The molecule has 3 aromatic rings. The molecule has 1 amide bonds. The second kappa shape index (κ2) is 7.32. The quantitative estimate of drug-likeness (QED) is 0.747. The van der Waals surface area contributed by atoms with E-state index in [0.29, 0.717) is 11.3 Å². The lowest BCUT2D eigenvalue weighted by Gasteiger charge is -2.07. The Morgan fingerprint density at radius 1 is 1.08 bits per heavy atom. The molecule has 6 heteroatoms. The number of hydrogen-bond donors (Lipinski definition) is 2. The summed E-state index contributed by atoms with van der Waals surface area (Å²) in [5.74, 6) is -1.04. The number of hydrogen-bond acceptors (Lipinski definition) is 2. The molecule has 1 aromatic heterocycles. The predicted octanol–water partition coefficient (Wildman–Crippen LogP) is 3.76. The molecule has 1 heterocycles. The lowest BCUT2D eigenvalue weighted by atomic mass is 10.1. The van der Waals surface area contributed by atoms with Gasteiger partial charge in [-0.15, -0.1) is 0 Å². The molecule has 0 spiro atoms. The van der Waals surface area contributed by atoms with Gasteiger partial charge in [-0.2, -0.15) is 0 Å². The van der Waals surface area contributed by atoms with Crippen molar-refractivity contribution in [3.63, 3.8) is 0 Å². The third-order valence-electron chi connectivity index (χ3n) is 3.68. The van der Waals surface area contributed by atoms with E-state index in [1.165, 1.54) is 24.3 Å². The molecule has 25 heavy (non-hydrogen) atoms. The summed E-state index contributed by atoms with van der Waals surface area (Å²) in [7, 11) is 0. The number of halogens is 2. The van der Waals surface area contributed by atoms with Crippen molar-refractivity contribution in [3.05, 3.63) is 93.0 Å². The van der Waals surface area contributed by atoms with Crippen molar-refractivity contribution in [2.75, 3.05) is 0 Å². The number of aromatic nitrogens is 1. The molecule has 0 atom stereocenters. The molecule has 126 valence electrons. The van der Waals surface area contributed by atoms with Gasteiger partial charge in [0.2, 0.25) is 0 Å². The summed E-state index contributed by atoms with van der Waals surface area (Å²) in [4.78, 5) is 27.1. The molecule has 0 saturated carbocycles. The molecule has 0 bridgehead atoms. The third kappa shape index (κ3) is 3.95. The van der Waals surface area contributed by atoms with Gasteiger partial charge in [0, 0.05) is 12.2 Å². The molecule has 0 aliphatic carbocycles. The summed E-state index contributed by atoms with van der Waals surface area (Å²) in [6.45, 7) is 0.138.